The Morgan fingerprint density at radius 1 is 1.44 bits per heavy atom. The molecule has 0 aromatic heterocycles. The fourth-order valence-electron chi connectivity index (χ4n) is 1.43. The Labute approximate surface area is 96.4 Å². The van der Waals surface area contributed by atoms with E-state index in [0.717, 1.165) is 11.4 Å². The van der Waals surface area contributed by atoms with E-state index in [1.54, 1.807) is 0 Å². The first-order valence-corrected chi connectivity index (χ1v) is 5.42. The minimum atomic E-state index is -0.191. The number of likely N-dealkylation sites (N-methyl/N-ethyl adjacent to an activating group) is 2. The monoisotopic (exact) mass is 221 g/mol. The van der Waals surface area contributed by atoms with Crippen LogP contribution in [0.5, 0.6) is 0 Å². The van der Waals surface area contributed by atoms with Crippen LogP contribution >= 0.6 is 0 Å². The van der Waals surface area contributed by atoms with Gasteiger partial charge in [0.1, 0.15) is 6.04 Å². The van der Waals surface area contributed by atoms with Crippen LogP contribution < -0.4 is 16.0 Å². The summed E-state index contributed by atoms with van der Waals surface area (Å²) in [6.45, 7) is 4.44. The number of nitrogen functional groups attached to an aromatic ring is 1. The lowest BCUT2D eigenvalue weighted by molar-refractivity contribution is -0.121. The minimum Gasteiger partial charge on any atom is -0.399 e. The molecule has 1 aromatic rings. The van der Waals surface area contributed by atoms with E-state index in [-0.39, 0.29) is 11.9 Å². The number of hydrogen-bond acceptors (Lipinski definition) is 3. The maximum absolute atomic E-state index is 11.6. The molecule has 0 radical (unpaired) electrons. The quantitative estimate of drug-likeness (QED) is 0.752. The largest absolute Gasteiger partial charge is 0.399 e. The van der Waals surface area contributed by atoms with Crippen molar-refractivity contribution >= 4 is 17.3 Å². The predicted molar refractivity (Wildman–Crippen MR) is 67.4 cm³/mol. The zero-order valence-electron chi connectivity index (χ0n) is 10.0. The van der Waals surface area contributed by atoms with Crippen molar-refractivity contribution in [2.45, 2.75) is 19.9 Å². The molecule has 3 N–H and O–H groups in total. The summed E-state index contributed by atoms with van der Waals surface area (Å²) in [6.07, 6.45) is 0. The summed E-state index contributed by atoms with van der Waals surface area (Å²) in [4.78, 5) is 13.6. The average Bonchev–Trinajstić information content (AvgIpc) is 2.28. The molecule has 1 aromatic carbocycles. The van der Waals surface area contributed by atoms with Gasteiger partial charge in [0.15, 0.2) is 0 Å². The molecule has 0 heterocycles. The van der Waals surface area contributed by atoms with E-state index in [2.05, 4.69) is 5.32 Å². The van der Waals surface area contributed by atoms with E-state index in [0.29, 0.717) is 6.54 Å². The first kappa shape index (κ1) is 12.4. The number of benzene rings is 1. The first-order valence-electron chi connectivity index (χ1n) is 5.42. The molecule has 0 fully saturated rings. The lowest BCUT2D eigenvalue weighted by atomic mass is 10.2. The molecular formula is C12H19N3O. The average molecular weight is 221 g/mol. The second-order valence-corrected chi connectivity index (χ2v) is 3.77. The molecule has 0 aliphatic rings. The van der Waals surface area contributed by atoms with Gasteiger partial charge in [-0.15, -0.1) is 0 Å². The standard InChI is InChI=1S/C12H19N3O/c1-4-14-12(16)9(2)15(3)11-7-5-10(13)6-8-11/h5-9H,4,13H2,1-3H3,(H,14,16). The van der Waals surface area contributed by atoms with E-state index in [4.69, 9.17) is 5.73 Å². The Morgan fingerprint density at radius 2 is 2.00 bits per heavy atom. The highest BCUT2D eigenvalue weighted by atomic mass is 16.2. The summed E-state index contributed by atoms with van der Waals surface area (Å²) in [5, 5.41) is 2.80. The molecule has 88 valence electrons. The second kappa shape index (κ2) is 5.39. The second-order valence-electron chi connectivity index (χ2n) is 3.77. The predicted octanol–water partition coefficient (Wildman–Crippen LogP) is 1.23. The van der Waals surface area contributed by atoms with Gasteiger partial charge in [-0.25, -0.2) is 0 Å². The number of hydrogen-bond donors (Lipinski definition) is 2. The highest BCUT2D eigenvalue weighted by molar-refractivity contribution is 5.84. The summed E-state index contributed by atoms with van der Waals surface area (Å²) >= 11 is 0. The summed E-state index contributed by atoms with van der Waals surface area (Å²) in [5.74, 6) is 0.0295. The van der Waals surface area contributed by atoms with Gasteiger partial charge < -0.3 is 16.0 Å². The minimum absolute atomic E-state index is 0.0295. The maximum Gasteiger partial charge on any atom is 0.242 e. The highest BCUT2D eigenvalue weighted by Gasteiger charge is 2.17. The molecule has 0 aliphatic heterocycles. The third-order valence-corrected chi connectivity index (χ3v) is 2.61. The zero-order valence-corrected chi connectivity index (χ0v) is 10.0. The molecule has 0 saturated carbocycles. The molecule has 0 bridgehead atoms. The van der Waals surface area contributed by atoms with Crippen molar-refractivity contribution in [1.82, 2.24) is 5.32 Å². The summed E-state index contributed by atoms with van der Waals surface area (Å²) in [5.41, 5.74) is 7.32. The molecule has 4 heteroatoms. The summed E-state index contributed by atoms with van der Waals surface area (Å²) in [6, 6.07) is 7.28. The molecule has 0 spiro atoms. The summed E-state index contributed by atoms with van der Waals surface area (Å²) < 4.78 is 0. The van der Waals surface area contributed by atoms with Gasteiger partial charge in [0, 0.05) is 25.0 Å². The topological polar surface area (TPSA) is 58.4 Å². The van der Waals surface area contributed by atoms with E-state index in [9.17, 15) is 4.79 Å². The van der Waals surface area contributed by atoms with Crippen LogP contribution in [0.3, 0.4) is 0 Å². The van der Waals surface area contributed by atoms with Crippen molar-refractivity contribution in [1.29, 1.82) is 0 Å². The molecular weight excluding hydrogens is 202 g/mol. The van der Waals surface area contributed by atoms with Crippen molar-refractivity contribution in [2.24, 2.45) is 0 Å². The smallest absolute Gasteiger partial charge is 0.242 e. The number of carbonyl (C=O) groups is 1. The molecule has 1 atom stereocenters. The van der Waals surface area contributed by atoms with Crippen LogP contribution in [0.15, 0.2) is 24.3 Å². The normalized spacial score (nSPS) is 11.9. The van der Waals surface area contributed by atoms with Crippen LogP contribution in [-0.4, -0.2) is 25.5 Å². The molecule has 0 aliphatic carbocycles. The van der Waals surface area contributed by atoms with Crippen LogP contribution in [0.1, 0.15) is 13.8 Å². The van der Waals surface area contributed by atoms with Crippen molar-refractivity contribution < 1.29 is 4.79 Å². The van der Waals surface area contributed by atoms with Crippen LogP contribution in [0.4, 0.5) is 11.4 Å². The van der Waals surface area contributed by atoms with Crippen LogP contribution in [0.25, 0.3) is 0 Å². The zero-order chi connectivity index (χ0) is 12.1. The fourth-order valence-corrected chi connectivity index (χ4v) is 1.43. The van der Waals surface area contributed by atoms with Gasteiger partial charge in [-0.1, -0.05) is 0 Å². The molecule has 16 heavy (non-hydrogen) atoms. The van der Waals surface area contributed by atoms with Crippen molar-refractivity contribution in [3.05, 3.63) is 24.3 Å². The van der Waals surface area contributed by atoms with Gasteiger partial charge in [-0.3, -0.25) is 4.79 Å². The van der Waals surface area contributed by atoms with Crippen LogP contribution in [0.2, 0.25) is 0 Å². The van der Waals surface area contributed by atoms with Gasteiger partial charge in [-0.05, 0) is 38.1 Å². The third kappa shape index (κ3) is 2.89. The molecule has 1 rings (SSSR count). The Bertz CT molecular complexity index is 348. The number of amides is 1. The van der Waals surface area contributed by atoms with Crippen LogP contribution in [-0.2, 0) is 4.79 Å². The third-order valence-electron chi connectivity index (χ3n) is 2.61. The number of nitrogens with two attached hydrogens (primary N) is 1. The van der Waals surface area contributed by atoms with Gasteiger partial charge >= 0.3 is 0 Å². The number of nitrogens with zero attached hydrogens (tertiary/aromatic N) is 1. The van der Waals surface area contributed by atoms with E-state index in [1.165, 1.54) is 0 Å². The Morgan fingerprint density at radius 3 is 2.50 bits per heavy atom. The molecule has 0 saturated heterocycles. The first-order chi connectivity index (χ1) is 7.56. The number of rotatable bonds is 4. The van der Waals surface area contributed by atoms with Gasteiger partial charge in [0.2, 0.25) is 5.91 Å². The Balaban J connectivity index is 2.73. The van der Waals surface area contributed by atoms with Crippen molar-refractivity contribution in [3.63, 3.8) is 0 Å². The Kier molecular flexibility index (Phi) is 4.17. The Hall–Kier alpha value is -1.71. The lowest BCUT2D eigenvalue weighted by Gasteiger charge is -2.26. The SMILES string of the molecule is CCNC(=O)C(C)N(C)c1ccc(N)cc1. The number of nitrogens with one attached hydrogen (secondary N) is 1. The van der Waals surface area contributed by atoms with Gasteiger partial charge in [0.25, 0.3) is 0 Å². The summed E-state index contributed by atoms with van der Waals surface area (Å²) in [7, 11) is 1.89. The highest BCUT2D eigenvalue weighted by Crippen LogP contribution is 2.16. The van der Waals surface area contributed by atoms with Crippen molar-refractivity contribution in [2.75, 3.05) is 24.2 Å². The number of carbonyl (C=O) groups excluding carboxylic acids is 1. The number of anilines is 2. The van der Waals surface area contributed by atoms with Gasteiger partial charge in [-0.2, -0.15) is 0 Å². The van der Waals surface area contributed by atoms with E-state index in [1.807, 2.05) is 50.1 Å². The van der Waals surface area contributed by atoms with E-state index < -0.39 is 0 Å². The van der Waals surface area contributed by atoms with Crippen LogP contribution in [0, 0.1) is 0 Å². The van der Waals surface area contributed by atoms with E-state index >= 15 is 0 Å². The maximum atomic E-state index is 11.6. The van der Waals surface area contributed by atoms with Crippen molar-refractivity contribution in [3.8, 4) is 0 Å². The van der Waals surface area contributed by atoms with Gasteiger partial charge in [0.05, 0.1) is 0 Å². The lowest BCUT2D eigenvalue weighted by Crippen LogP contribution is -2.43. The molecule has 4 nitrogen and oxygen atoms in total. The molecule has 1 amide bonds. The fraction of sp³-hybridized carbons (Fsp3) is 0.417. The molecule has 1 unspecified atom stereocenters.